The summed E-state index contributed by atoms with van der Waals surface area (Å²) in [4.78, 5) is 20.6. The summed E-state index contributed by atoms with van der Waals surface area (Å²) in [6.07, 6.45) is 0. The average Bonchev–Trinajstić information content (AvgIpc) is 2.26. The van der Waals surface area contributed by atoms with Crippen LogP contribution in [0.15, 0.2) is 18.2 Å². The maximum absolute atomic E-state index is 11.2. The van der Waals surface area contributed by atoms with E-state index in [1.165, 1.54) is 25.1 Å². The first-order valence-electron chi connectivity index (χ1n) is 4.50. The third-order valence-corrected chi connectivity index (χ3v) is 3.28. The smallest absolute Gasteiger partial charge is 0.269 e. The van der Waals surface area contributed by atoms with Crippen LogP contribution in [0.1, 0.15) is 22.9 Å². The summed E-state index contributed by atoms with van der Waals surface area (Å²) < 4.78 is 0. The minimum Gasteiger partial charge on any atom is -0.392 e. The van der Waals surface area contributed by atoms with Gasteiger partial charge in [-0.05, 0) is 18.1 Å². The first-order valence-corrected chi connectivity index (χ1v) is 5.41. The van der Waals surface area contributed by atoms with Crippen molar-refractivity contribution in [1.82, 2.24) is 0 Å². The van der Waals surface area contributed by atoms with Crippen LogP contribution in [0, 0.1) is 10.1 Å². The van der Waals surface area contributed by atoms with Crippen LogP contribution in [0.25, 0.3) is 0 Å². The summed E-state index contributed by atoms with van der Waals surface area (Å²) in [7, 11) is 0. The lowest BCUT2D eigenvalue weighted by Crippen LogP contribution is -2.05. The van der Waals surface area contributed by atoms with Gasteiger partial charge in [-0.1, -0.05) is 22.0 Å². The number of hydrogen-bond acceptors (Lipinski definition) is 4. The Balaban J connectivity index is 3.21. The third kappa shape index (κ3) is 2.65. The number of carbonyl (C=O) groups is 1. The number of ketones is 1. The van der Waals surface area contributed by atoms with Gasteiger partial charge >= 0.3 is 0 Å². The minimum absolute atomic E-state index is 0.101. The Morgan fingerprint density at radius 1 is 1.62 bits per heavy atom. The summed E-state index contributed by atoms with van der Waals surface area (Å²) in [5, 5.41) is 19.6. The molecule has 0 saturated heterocycles. The molecule has 1 rings (SSSR count). The van der Waals surface area contributed by atoms with Crippen LogP contribution in [0.2, 0.25) is 0 Å². The third-order valence-electron chi connectivity index (χ3n) is 2.14. The van der Waals surface area contributed by atoms with Crippen molar-refractivity contribution in [3.8, 4) is 0 Å². The van der Waals surface area contributed by atoms with Gasteiger partial charge in [0.1, 0.15) is 5.78 Å². The van der Waals surface area contributed by atoms with E-state index in [4.69, 9.17) is 5.11 Å². The van der Waals surface area contributed by atoms with Gasteiger partial charge < -0.3 is 5.11 Å². The Labute approximate surface area is 100 Å². The molecule has 0 spiro atoms. The quantitative estimate of drug-likeness (QED) is 0.522. The van der Waals surface area contributed by atoms with E-state index in [1.54, 1.807) is 0 Å². The standard InChI is InChI=1S/C10H10BrNO4/c1-6(14)10(11)9-3-2-8(12(15)16)4-7(9)5-13/h2-4,10,13H,5H2,1H3. The molecule has 1 unspecified atom stereocenters. The number of benzene rings is 1. The number of nitro benzene ring substituents is 1. The van der Waals surface area contributed by atoms with Gasteiger partial charge in [0.15, 0.2) is 0 Å². The fourth-order valence-corrected chi connectivity index (χ4v) is 1.76. The second kappa shape index (κ2) is 5.18. The summed E-state index contributed by atoms with van der Waals surface area (Å²) >= 11 is 3.17. The molecular formula is C10H10BrNO4. The molecule has 0 amide bonds. The molecule has 0 bridgehead atoms. The highest BCUT2D eigenvalue weighted by molar-refractivity contribution is 9.09. The summed E-state index contributed by atoms with van der Waals surface area (Å²) in [6.45, 7) is 1.06. The lowest BCUT2D eigenvalue weighted by Gasteiger charge is -2.10. The largest absolute Gasteiger partial charge is 0.392 e. The number of alkyl halides is 1. The Bertz CT molecular complexity index is 433. The van der Waals surface area contributed by atoms with Crippen molar-refractivity contribution in [2.75, 3.05) is 0 Å². The maximum Gasteiger partial charge on any atom is 0.269 e. The number of nitro groups is 1. The van der Waals surface area contributed by atoms with Crippen LogP contribution < -0.4 is 0 Å². The van der Waals surface area contributed by atoms with Crippen LogP contribution in [-0.2, 0) is 11.4 Å². The van der Waals surface area contributed by atoms with Gasteiger partial charge in [0.25, 0.3) is 5.69 Å². The highest BCUT2D eigenvalue weighted by atomic mass is 79.9. The van der Waals surface area contributed by atoms with Gasteiger partial charge in [-0.2, -0.15) is 0 Å². The monoisotopic (exact) mass is 287 g/mol. The number of hydrogen-bond donors (Lipinski definition) is 1. The number of aliphatic hydroxyl groups excluding tert-OH is 1. The van der Waals surface area contributed by atoms with E-state index in [0.29, 0.717) is 11.1 Å². The Morgan fingerprint density at radius 2 is 2.25 bits per heavy atom. The number of nitrogens with zero attached hydrogens (tertiary/aromatic N) is 1. The van der Waals surface area contributed by atoms with E-state index in [1.807, 2.05) is 0 Å². The summed E-state index contributed by atoms with van der Waals surface area (Å²) in [5.74, 6) is -0.122. The van der Waals surface area contributed by atoms with Crippen LogP contribution in [-0.4, -0.2) is 15.8 Å². The van der Waals surface area contributed by atoms with Crippen molar-refractivity contribution in [3.05, 3.63) is 39.4 Å². The molecule has 1 N–H and O–H groups in total. The van der Waals surface area contributed by atoms with Crippen molar-refractivity contribution >= 4 is 27.4 Å². The highest BCUT2D eigenvalue weighted by Crippen LogP contribution is 2.29. The SMILES string of the molecule is CC(=O)C(Br)c1ccc([N+](=O)[O-])cc1CO. The predicted molar refractivity (Wildman–Crippen MR) is 61.4 cm³/mol. The van der Waals surface area contributed by atoms with Gasteiger partial charge in [0.05, 0.1) is 16.4 Å². The Morgan fingerprint density at radius 3 is 2.69 bits per heavy atom. The molecule has 0 radical (unpaired) electrons. The number of aliphatic hydroxyl groups is 1. The van der Waals surface area contributed by atoms with Crippen molar-refractivity contribution in [2.45, 2.75) is 18.4 Å². The van der Waals surface area contributed by atoms with Crippen molar-refractivity contribution in [3.63, 3.8) is 0 Å². The molecule has 6 heteroatoms. The summed E-state index contributed by atoms with van der Waals surface area (Å²) in [5.41, 5.74) is 0.836. The molecule has 5 nitrogen and oxygen atoms in total. The molecule has 0 aliphatic carbocycles. The molecule has 0 fully saturated rings. The number of rotatable bonds is 4. The van der Waals surface area contributed by atoms with Crippen molar-refractivity contribution < 1.29 is 14.8 Å². The van der Waals surface area contributed by atoms with Crippen LogP contribution >= 0.6 is 15.9 Å². The van der Waals surface area contributed by atoms with E-state index in [-0.39, 0.29) is 18.1 Å². The number of non-ortho nitro benzene ring substituents is 1. The highest BCUT2D eigenvalue weighted by Gasteiger charge is 2.18. The first-order chi connectivity index (χ1) is 7.47. The number of carbonyl (C=O) groups excluding carboxylic acids is 1. The first kappa shape index (κ1) is 12.8. The predicted octanol–water partition coefficient (Wildman–Crippen LogP) is 2.11. The lowest BCUT2D eigenvalue weighted by atomic mass is 10.0. The molecule has 0 heterocycles. The maximum atomic E-state index is 11.2. The molecule has 1 aromatic carbocycles. The molecule has 1 aromatic rings. The topological polar surface area (TPSA) is 80.4 Å². The van der Waals surface area contributed by atoms with Crippen LogP contribution in [0.5, 0.6) is 0 Å². The number of halogens is 1. The molecule has 16 heavy (non-hydrogen) atoms. The molecule has 0 aromatic heterocycles. The number of Topliss-reactive ketones (excluding diaryl/α,β-unsaturated/α-hetero) is 1. The fraction of sp³-hybridized carbons (Fsp3) is 0.300. The molecule has 0 aliphatic rings. The van der Waals surface area contributed by atoms with E-state index in [0.717, 1.165) is 0 Å². The van der Waals surface area contributed by atoms with Gasteiger partial charge in [0, 0.05) is 12.1 Å². The zero-order chi connectivity index (χ0) is 12.3. The van der Waals surface area contributed by atoms with Gasteiger partial charge in [0.2, 0.25) is 0 Å². The summed E-state index contributed by atoms with van der Waals surface area (Å²) in [6, 6.07) is 4.06. The van der Waals surface area contributed by atoms with Gasteiger partial charge in [-0.3, -0.25) is 14.9 Å². The molecule has 1 atom stereocenters. The van der Waals surface area contributed by atoms with Crippen molar-refractivity contribution in [1.29, 1.82) is 0 Å². The molecule has 86 valence electrons. The molecule has 0 saturated carbocycles. The van der Waals surface area contributed by atoms with Crippen LogP contribution in [0.3, 0.4) is 0 Å². The Hall–Kier alpha value is -1.27. The van der Waals surface area contributed by atoms with E-state index < -0.39 is 9.75 Å². The normalized spacial score (nSPS) is 12.2. The van der Waals surface area contributed by atoms with E-state index >= 15 is 0 Å². The minimum atomic E-state index is -0.546. The second-order valence-electron chi connectivity index (χ2n) is 3.27. The van der Waals surface area contributed by atoms with Gasteiger partial charge in [-0.15, -0.1) is 0 Å². The van der Waals surface area contributed by atoms with E-state index in [2.05, 4.69) is 15.9 Å². The van der Waals surface area contributed by atoms with E-state index in [9.17, 15) is 14.9 Å². The Kier molecular flexibility index (Phi) is 4.14. The molecule has 0 aliphatic heterocycles. The fourth-order valence-electron chi connectivity index (χ4n) is 1.31. The second-order valence-corrected chi connectivity index (χ2v) is 4.19. The van der Waals surface area contributed by atoms with Crippen molar-refractivity contribution in [2.24, 2.45) is 0 Å². The zero-order valence-electron chi connectivity index (χ0n) is 8.51. The lowest BCUT2D eigenvalue weighted by molar-refractivity contribution is -0.385. The zero-order valence-corrected chi connectivity index (χ0v) is 10.1. The van der Waals surface area contributed by atoms with Crippen LogP contribution in [0.4, 0.5) is 5.69 Å². The van der Waals surface area contributed by atoms with Gasteiger partial charge in [-0.25, -0.2) is 0 Å². The molecular weight excluding hydrogens is 278 g/mol. The average molecular weight is 288 g/mol.